The Labute approximate surface area is 184 Å². The Morgan fingerprint density at radius 1 is 1.07 bits per heavy atom. The van der Waals surface area contributed by atoms with Gasteiger partial charge in [-0.1, -0.05) is 23.7 Å². The van der Waals surface area contributed by atoms with Gasteiger partial charge in [0.1, 0.15) is 11.9 Å². The molecule has 1 amide bonds. The van der Waals surface area contributed by atoms with Gasteiger partial charge in [-0.2, -0.15) is 0 Å². The van der Waals surface area contributed by atoms with Crippen molar-refractivity contribution in [3.05, 3.63) is 64.7 Å². The Morgan fingerprint density at radius 3 is 2.27 bits per heavy atom. The summed E-state index contributed by atoms with van der Waals surface area (Å²) in [6.07, 6.45) is -0.0462. The Bertz CT molecular complexity index is 818. The number of ether oxygens (including phenoxy) is 1. The molecular weight excluding hydrogens is 400 g/mol. The second kappa shape index (κ2) is 12.1. The number of carbonyl (C=O) groups is 1. The molecule has 2 rings (SSSR count). The quantitative estimate of drug-likeness (QED) is 0.467. The van der Waals surface area contributed by atoms with Crippen molar-refractivity contribution in [1.29, 1.82) is 0 Å². The van der Waals surface area contributed by atoms with Crippen LogP contribution in [-0.4, -0.2) is 49.6 Å². The van der Waals surface area contributed by atoms with Gasteiger partial charge < -0.3 is 20.3 Å². The normalized spacial score (nSPS) is 12.2. The summed E-state index contributed by atoms with van der Waals surface area (Å²) in [7, 11) is 1.73. The summed E-state index contributed by atoms with van der Waals surface area (Å²) in [5.74, 6) is 1.52. The molecule has 0 spiro atoms. The summed E-state index contributed by atoms with van der Waals surface area (Å²) in [4.78, 5) is 18.4. The van der Waals surface area contributed by atoms with Gasteiger partial charge >= 0.3 is 0 Å². The molecule has 2 N–H and O–H groups in total. The van der Waals surface area contributed by atoms with Crippen LogP contribution in [0.3, 0.4) is 0 Å². The van der Waals surface area contributed by atoms with E-state index in [2.05, 4.69) is 15.6 Å². The Kier molecular flexibility index (Phi) is 9.48. The van der Waals surface area contributed by atoms with E-state index < -0.39 is 0 Å². The second-order valence-electron chi connectivity index (χ2n) is 6.86. The second-order valence-corrected chi connectivity index (χ2v) is 7.30. The van der Waals surface area contributed by atoms with Crippen LogP contribution in [0.1, 0.15) is 36.7 Å². The molecule has 0 aliphatic rings. The molecule has 7 heteroatoms. The summed E-state index contributed by atoms with van der Waals surface area (Å²) in [5.41, 5.74) is 1.78. The molecule has 1 unspecified atom stereocenters. The van der Waals surface area contributed by atoms with E-state index in [4.69, 9.17) is 16.3 Å². The third-order valence-electron chi connectivity index (χ3n) is 4.64. The molecule has 30 heavy (non-hydrogen) atoms. The monoisotopic (exact) mass is 430 g/mol. The molecule has 0 saturated carbocycles. The van der Waals surface area contributed by atoms with Crippen molar-refractivity contribution in [3.8, 4) is 5.75 Å². The number of rotatable bonds is 9. The summed E-state index contributed by atoms with van der Waals surface area (Å²) in [5, 5.41) is 7.22. The standard InChI is InChI=1S/C23H31ClN4O2/c1-5-28(6-2)22(29)19-9-7-18(8-10-19)16-27-23(25-4)26-15-17(3)30-21-13-11-20(24)12-14-21/h7-14,17H,5-6,15-16H2,1-4H3,(H2,25,26,27). The molecule has 0 aliphatic carbocycles. The molecule has 0 fully saturated rings. The zero-order valence-electron chi connectivity index (χ0n) is 18.1. The number of hydrogen-bond donors (Lipinski definition) is 2. The van der Waals surface area contributed by atoms with Gasteiger partial charge in [0.05, 0.1) is 6.54 Å². The first kappa shape index (κ1) is 23.5. The molecular formula is C23H31ClN4O2. The van der Waals surface area contributed by atoms with Crippen LogP contribution < -0.4 is 15.4 Å². The van der Waals surface area contributed by atoms with Gasteiger partial charge in [-0.25, -0.2) is 0 Å². The lowest BCUT2D eigenvalue weighted by molar-refractivity contribution is 0.0773. The fourth-order valence-corrected chi connectivity index (χ4v) is 3.02. The van der Waals surface area contributed by atoms with E-state index in [1.165, 1.54) is 0 Å². The van der Waals surface area contributed by atoms with E-state index in [-0.39, 0.29) is 12.0 Å². The first-order valence-electron chi connectivity index (χ1n) is 10.2. The smallest absolute Gasteiger partial charge is 0.253 e. The van der Waals surface area contributed by atoms with Gasteiger partial charge in [0, 0.05) is 37.3 Å². The number of benzene rings is 2. The topological polar surface area (TPSA) is 66.0 Å². The summed E-state index contributed by atoms with van der Waals surface area (Å²) >= 11 is 5.90. The van der Waals surface area contributed by atoms with E-state index in [1.807, 2.05) is 62.1 Å². The minimum Gasteiger partial charge on any atom is -0.489 e. The number of guanidine groups is 1. The van der Waals surface area contributed by atoms with Crippen LogP contribution >= 0.6 is 11.6 Å². The van der Waals surface area contributed by atoms with Crippen molar-refractivity contribution in [1.82, 2.24) is 15.5 Å². The first-order valence-corrected chi connectivity index (χ1v) is 10.6. The lowest BCUT2D eigenvalue weighted by Crippen LogP contribution is -2.41. The number of halogens is 1. The third kappa shape index (κ3) is 7.26. The van der Waals surface area contributed by atoms with E-state index in [0.717, 1.165) is 11.3 Å². The SMILES string of the molecule is CCN(CC)C(=O)c1ccc(CNC(=NC)NCC(C)Oc2ccc(Cl)cc2)cc1. The van der Waals surface area contributed by atoms with E-state index in [0.29, 0.717) is 42.7 Å². The van der Waals surface area contributed by atoms with Crippen LogP contribution in [0.2, 0.25) is 5.02 Å². The van der Waals surface area contributed by atoms with Crippen LogP contribution in [0.25, 0.3) is 0 Å². The molecule has 162 valence electrons. The van der Waals surface area contributed by atoms with Crippen molar-refractivity contribution in [2.24, 2.45) is 4.99 Å². The van der Waals surface area contributed by atoms with Gasteiger partial charge in [0.2, 0.25) is 0 Å². The highest BCUT2D eigenvalue weighted by molar-refractivity contribution is 6.30. The molecule has 0 aromatic heterocycles. The van der Waals surface area contributed by atoms with Crippen LogP contribution in [0, 0.1) is 0 Å². The fraction of sp³-hybridized carbons (Fsp3) is 0.391. The maximum absolute atomic E-state index is 12.4. The summed E-state index contributed by atoms with van der Waals surface area (Å²) in [6.45, 7) is 8.58. The average molecular weight is 431 g/mol. The number of nitrogens with zero attached hydrogens (tertiary/aromatic N) is 2. The van der Waals surface area contributed by atoms with E-state index in [1.54, 1.807) is 19.2 Å². The number of carbonyl (C=O) groups excluding carboxylic acids is 1. The highest BCUT2D eigenvalue weighted by Crippen LogP contribution is 2.16. The van der Waals surface area contributed by atoms with E-state index in [9.17, 15) is 4.79 Å². The summed E-state index contributed by atoms with van der Waals surface area (Å²) < 4.78 is 5.86. The molecule has 0 saturated heterocycles. The number of aliphatic imine (C=N–C) groups is 1. The number of amides is 1. The molecule has 6 nitrogen and oxygen atoms in total. The van der Waals surface area contributed by atoms with Gasteiger partial charge in [0.25, 0.3) is 5.91 Å². The number of hydrogen-bond acceptors (Lipinski definition) is 3. The first-order chi connectivity index (χ1) is 14.5. The predicted octanol–water partition coefficient (Wildman–Crippen LogP) is 3.95. The Hall–Kier alpha value is -2.73. The van der Waals surface area contributed by atoms with Crippen LogP contribution in [0.5, 0.6) is 5.75 Å². The van der Waals surface area contributed by atoms with Gasteiger partial charge in [-0.15, -0.1) is 0 Å². The third-order valence-corrected chi connectivity index (χ3v) is 4.89. The molecule has 0 aliphatic heterocycles. The molecule has 0 bridgehead atoms. The maximum atomic E-state index is 12.4. The average Bonchev–Trinajstić information content (AvgIpc) is 2.76. The van der Waals surface area contributed by atoms with Gasteiger partial charge in [0.15, 0.2) is 5.96 Å². The van der Waals surface area contributed by atoms with Crippen LogP contribution in [0.4, 0.5) is 0 Å². The Balaban J connectivity index is 1.80. The largest absolute Gasteiger partial charge is 0.489 e. The highest BCUT2D eigenvalue weighted by atomic mass is 35.5. The van der Waals surface area contributed by atoms with Crippen LogP contribution in [-0.2, 0) is 6.54 Å². The van der Waals surface area contributed by atoms with E-state index >= 15 is 0 Å². The highest BCUT2D eigenvalue weighted by Gasteiger charge is 2.12. The van der Waals surface area contributed by atoms with Crippen molar-refractivity contribution in [3.63, 3.8) is 0 Å². The lowest BCUT2D eigenvalue weighted by Gasteiger charge is -2.19. The Morgan fingerprint density at radius 2 is 1.70 bits per heavy atom. The zero-order chi connectivity index (χ0) is 21.9. The van der Waals surface area contributed by atoms with Gasteiger partial charge in [-0.05, 0) is 62.7 Å². The van der Waals surface area contributed by atoms with Crippen molar-refractivity contribution >= 4 is 23.5 Å². The van der Waals surface area contributed by atoms with Crippen molar-refractivity contribution in [2.45, 2.75) is 33.4 Å². The molecule has 2 aromatic rings. The van der Waals surface area contributed by atoms with Crippen molar-refractivity contribution in [2.75, 3.05) is 26.7 Å². The van der Waals surface area contributed by atoms with Crippen molar-refractivity contribution < 1.29 is 9.53 Å². The fourth-order valence-electron chi connectivity index (χ4n) is 2.89. The molecule has 1 atom stereocenters. The lowest BCUT2D eigenvalue weighted by atomic mass is 10.1. The molecule has 2 aromatic carbocycles. The number of nitrogens with one attached hydrogen (secondary N) is 2. The molecule has 0 heterocycles. The zero-order valence-corrected chi connectivity index (χ0v) is 18.9. The molecule has 0 radical (unpaired) electrons. The van der Waals surface area contributed by atoms with Crippen LogP contribution in [0.15, 0.2) is 53.5 Å². The van der Waals surface area contributed by atoms with Gasteiger partial charge in [-0.3, -0.25) is 9.79 Å². The minimum atomic E-state index is -0.0462. The maximum Gasteiger partial charge on any atom is 0.253 e. The minimum absolute atomic E-state index is 0.0462. The summed E-state index contributed by atoms with van der Waals surface area (Å²) in [6, 6.07) is 15.0. The predicted molar refractivity (Wildman–Crippen MR) is 123 cm³/mol.